The van der Waals surface area contributed by atoms with E-state index in [1.165, 1.54) is 6.07 Å². The molecule has 0 fully saturated rings. The van der Waals surface area contributed by atoms with Crippen LogP contribution in [0.2, 0.25) is 0 Å². The van der Waals surface area contributed by atoms with Gasteiger partial charge < -0.3 is 10.1 Å². The summed E-state index contributed by atoms with van der Waals surface area (Å²) in [5, 5.41) is 2.97. The van der Waals surface area contributed by atoms with Gasteiger partial charge in [-0.25, -0.2) is 4.39 Å². The van der Waals surface area contributed by atoms with Gasteiger partial charge in [-0.2, -0.15) is 0 Å². The maximum Gasteiger partial charge on any atom is 0.166 e. The zero-order chi connectivity index (χ0) is 10.6. The van der Waals surface area contributed by atoms with Gasteiger partial charge in [0.15, 0.2) is 11.6 Å². The van der Waals surface area contributed by atoms with Crippen LogP contribution in [0.1, 0.15) is 12.5 Å². The molecule has 0 saturated heterocycles. The van der Waals surface area contributed by atoms with Crippen molar-refractivity contribution < 1.29 is 9.13 Å². The Morgan fingerprint density at radius 2 is 2.21 bits per heavy atom. The number of ether oxygens (including phenoxy) is 1. The minimum atomic E-state index is -0.327. The third-order valence-electron chi connectivity index (χ3n) is 1.74. The molecule has 1 aromatic rings. The van der Waals surface area contributed by atoms with E-state index in [2.05, 4.69) is 21.2 Å². The van der Waals surface area contributed by atoms with Crippen molar-refractivity contribution in [1.82, 2.24) is 5.32 Å². The lowest BCUT2D eigenvalue weighted by molar-refractivity contribution is 0.317. The lowest BCUT2D eigenvalue weighted by atomic mass is 10.2. The molecule has 1 rings (SSSR count). The van der Waals surface area contributed by atoms with Crippen LogP contribution in [-0.4, -0.2) is 13.7 Å². The van der Waals surface area contributed by atoms with Gasteiger partial charge in [-0.3, -0.25) is 0 Å². The van der Waals surface area contributed by atoms with E-state index in [4.69, 9.17) is 4.74 Å². The first-order chi connectivity index (χ1) is 6.69. The summed E-state index contributed by atoms with van der Waals surface area (Å²) in [6.07, 6.45) is 0. The molecule has 1 N–H and O–H groups in total. The van der Waals surface area contributed by atoms with Gasteiger partial charge in [0.2, 0.25) is 0 Å². The maximum absolute atomic E-state index is 13.4. The standard InChI is InChI=1S/C10H13BrFNO/c1-3-14-10-7(6-13-2)4-8(11)5-9(10)12/h4-5,13H,3,6H2,1-2H3. The summed E-state index contributed by atoms with van der Waals surface area (Å²) in [6, 6.07) is 3.26. The molecule has 0 aliphatic heterocycles. The molecular weight excluding hydrogens is 249 g/mol. The van der Waals surface area contributed by atoms with E-state index in [1.807, 2.05) is 20.0 Å². The van der Waals surface area contributed by atoms with Gasteiger partial charge in [0, 0.05) is 16.6 Å². The highest BCUT2D eigenvalue weighted by molar-refractivity contribution is 9.10. The van der Waals surface area contributed by atoms with E-state index >= 15 is 0 Å². The van der Waals surface area contributed by atoms with Gasteiger partial charge in [-0.15, -0.1) is 0 Å². The fraction of sp³-hybridized carbons (Fsp3) is 0.400. The molecule has 1 aromatic carbocycles. The highest BCUT2D eigenvalue weighted by Crippen LogP contribution is 2.27. The van der Waals surface area contributed by atoms with E-state index in [9.17, 15) is 4.39 Å². The van der Waals surface area contributed by atoms with Crippen LogP contribution in [-0.2, 0) is 6.54 Å². The second-order valence-corrected chi connectivity index (χ2v) is 3.75. The summed E-state index contributed by atoms with van der Waals surface area (Å²) in [5.41, 5.74) is 0.821. The van der Waals surface area contributed by atoms with E-state index in [0.29, 0.717) is 18.9 Å². The maximum atomic E-state index is 13.4. The van der Waals surface area contributed by atoms with Crippen molar-refractivity contribution in [2.45, 2.75) is 13.5 Å². The zero-order valence-electron chi connectivity index (χ0n) is 8.23. The molecule has 4 heteroatoms. The van der Waals surface area contributed by atoms with Crippen LogP contribution < -0.4 is 10.1 Å². The van der Waals surface area contributed by atoms with E-state index < -0.39 is 0 Å². The number of hydrogen-bond acceptors (Lipinski definition) is 2. The SMILES string of the molecule is CCOc1c(F)cc(Br)cc1CNC. The van der Waals surface area contributed by atoms with Crippen molar-refractivity contribution in [3.63, 3.8) is 0 Å². The zero-order valence-corrected chi connectivity index (χ0v) is 9.82. The lowest BCUT2D eigenvalue weighted by Crippen LogP contribution is -2.08. The normalized spacial score (nSPS) is 10.3. The molecular formula is C10H13BrFNO. The molecule has 0 unspecified atom stereocenters. The second-order valence-electron chi connectivity index (χ2n) is 2.84. The molecule has 0 spiro atoms. The summed E-state index contributed by atoms with van der Waals surface area (Å²) in [6.45, 7) is 2.89. The van der Waals surface area contributed by atoms with E-state index in [-0.39, 0.29) is 5.82 Å². The highest BCUT2D eigenvalue weighted by Gasteiger charge is 2.10. The third-order valence-corrected chi connectivity index (χ3v) is 2.20. The molecule has 0 aromatic heterocycles. The van der Waals surface area contributed by atoms with Crippen LogP contribution in [0.5, 0.6) is 5.75 Å². The van der Waals surface area contributed by atoms with Crippen molar-refractivity contribution in [1.29, 1.82) is 0 Å². The average molecular weight is 262 g/mol. The molecule has 0 aliphatic carbocycles. The smallest absolute Gasteiger partial charge is 0.166 e. The molecule has 0 radical (unpaired) electrons. The van der Waals surface area contributed by atoms with Gasteiger partial charge in [0.05, 0.1) is 6.61 Å². The van der Waals surface area contributed by atoms with Crippen LogP contribution in [0.25, 0.3) is 0 Å². The van der Waals surface area contributed by atoms with Crippen LogP contribution in [0.4, 0.5) is 4.39 Å². The average Bonchev–Trinajstić information content (AvgIpc) is 2.11. The summed E-state index contributed by atoms with van der Waals surface area (Å²) < 4.78 is 19.4. The van der Waals surface area contributed by atoms with Gasteiger partial charge in [0.25, 0.3) is 0 Å². The summed E-state index contributed by atoms with van der Waals surface area (Å²) in [4.78, 5) is 0. The molecule has 2 nitrogen and oxygen atoms in total. The van der Waals surface area contributed by atoms with Crippen LogP contribution >= 0.6 is 15.9 Å². The fourth-order valence-corrected chi connectivity index (χ4v) is 1.72. The van der Waals surface area contributed by atoms with Crippen molar-refractivity contribution in [3.8, 4) is 5.75 Å². The molecule has 78 valence electrons. The number of nitrogens with one attached hydrogen (secondary N) is 1. The second kappa shape index (κ2) is 5.32. The Kier molecular flexibility index (Phi) is 4.35. The molecule has 0 aliphatic rings. The monoisotopic (exact) mass is 261 g/mol. The van der Waals surface area contributed by atoms with Crippen molar-refractivity contribution in [3.05, 3.63) is 28.0 Å². The van der Waals surface area contributed by atoms with E-state index in [0.717, 1.165) is 10.0 Å². The highest BCUT2D eigenvalue weighted by atomic mass is 79.9. The predicted octanol–water partition coefficient (Wildman–Crippen LogP) is 2.71. The molecule has 0 atom stereocenters. The largest absolute Gasteiger partial charge is 0.490 e. The lowest BCUT2D eigenvalue weighted by Gasteiger charge is -2.11. The topological polar surface area (TPSA) is 21.3 Å². The minimum absolute atomic E-state index is 0.327. The Bertz CT molecular complexity index is 317. The molecule has 14 heavy (non-hydrogen) atoms. The first-order valence-electron chi connectivity index (χ1n) is 4.44. The van der Waals surface area contributed by atoms with Crippen LogP contribution in [0.15, 0.2) is 16.6 Å². The molecule has 0 bridgehead atoms. The quantitative estimate of drug-likeness (QED) is 0.900. The molecule has 0 saturated carbocycles. The van der Waals surface area contributed by atoms with E-state index in [1.54, 1.807) is 0 Å². The fourth-order valence-electron chi connectivity index (χ4n) is 1.24. The van der Waals surface area contributed by atoms with Crippen molar-refractivity contribution in [2.24, 2.45) is 0 Å². The Morgan fingerprint density at radius 3 is 2.79 bits per heavy atom. The number of rotatable bonds is 4. The third kappa shape index (κ3) is 2.69. The molecule has 0 heterocycles. The first-order valence-corrected chi connectivity index (χ1v) is 5.23. The van der Waals surface area contributed by atoms with Gasteiger partial charge in [0.1, 0.15) is 0 Å². The summed E-state index contributed by atoms with van der Waals surface area (Å²) in [5.74, 6) is 0.0107. The summed E-state index contributed by atoms with van der Waals surface area (Å²) in [7, 11) is 1.81. The van der Waals surface area contributed by atoms with Crippen molar-refractivity contribution in [2.75, 3.05) is 13.7 Å². The molecule has 0 amide bonds. The van der Waals surface area contributed by atoms with Gasteiger partial charge in [-0.05, 0) is 26.1 Å². The first kappa shape index (κ1) is 11.5. The Labute approximate surface area is 91.6 Å². The number of halogens is 2. The Balaban J connectivity index is 3.07. The predicted molar refractivity (Wildman–Crippen MR) is 58.0 cm³/mol. The van der Waals surface area contributed by atoms with Crippen molar-refractivity contribution >= 4 is 15.9 Å². The number of hydrogen-bond donors (Lipinski definition) is 1. The van der Waals surface area contributed by atoms with Crippen LogP contribution in [0.3, 0.4) is 0 Å². The minimum Gasteiger partial charge on any atom is -0.490 e. The van der Waals surface area contributed by atoms with Crippen LogP contribution in [0, 0.1) is 5.82 Å². The van der Waals surface area contributed by atoms with Gasteiger partial charge in [-0.1, -0.05) is 15.9 Å². The summed E-state index contributed by atoms with van der Waals surface area (Å²) >= 11 is 3.24. The Hall–Kier alpha value is -0.610. The number of benzene rings is 1. The Morgan fingerprint density at radius 1 is 1.50 bits per heavy atom. The van der Waals surface area contributed by atoms with Gasteiger partial charge >= 0.3 is 0 Å².